The van der Waals surface area contributed by atoms with Crippen LogP contribution in [-0.2, 0) is 0 Å². The Morgan fingerprint density at radius 1 is 1.07 bits per heavy atom. The molecular weight excluding hydrogens is 172 g/mol. The summed E-state index contributed by atoms with van der Waals surface area (Å²) >= 11 is 0. The van der Waals surface area contributed by atoms with E-state index in [4.69, 9.17) is 0 Å². The molecule has 1 N–H and O–H groups in total. The van der Waals surface area contributed by atoms with Gasteiger partial charge in [0.05, 0.1) is 11.4 Å². The fraction of sp³-hybridized carbons (Fsp3) is 0.250. The second-order valence-corrected chi connectivity index (χ2v) is 3.68. The van der Waals surface area contributed by atoms with Crippen LogP contribution in [0.1, 0.15) is 37.0 Å². The van der Waals surface area contributed by atoms with E-state index in [1.165, 1.54) is 0 Å². The first-order valence-electron chi connectivity index (χ1n) is 4.88. The van der Waals surface area contributed by atoms with E-state index in [1.54, 1.807) is 0 Å². The van der Waals surface area contributed by atoms with E-state index >= 15 is 0 Å². The van der Waals surface area contributed by atoms with Gasteiger partial charge in [0.25, 0.3) is 0 Å². The van der Waals surface area contributed by atoms with Crippen molar-refractivity contribution < 1.29 is 0 Å². The van der Waals surface area contributed by atoms with Gasteiger partial charge in [0, 0.05) is 5.92 Å². The molecule has 0 atom stereocenters. The van der Waals surface area contributed by atoms with Crippen molar-refractivity contribution in [2.75, 3.05) is 0 Å². The van der Waals surface area contributed by atoms with Gasteiger partial charge in [-0.05, 0) is 12.2 Å². The third-order valence-electron chi connectivity index (χ3n) is 2.18. The molecule has 72 valence electrons. The summed E-state index contributed by atoms with van der Waals surface area (Å²) in [6, 6.07) is 0. The van der Waals surface area contributed by atoms with Crippen LogP contribution >= 0.6 is 0 Å². The Balaban J connectivity index is 2.45. The van der Waals surface area contributed by atoms with Crippen LogP contribution in [0, 0.1) is 0 Å². The van der Waals surface area contributed by atoms with Gasteiger partial charge in [0.2, 0.25) is 0 Å². The Morgan fingerprint density at radius 2 is 1.79 bits per heavy atom. The molecule has 0 aliphatic heterocycles. The molecule has 2 rings (SSSR count). The summed E-state index contributed by atoms with van der Waals surface area (Å²) in [5.41, 5.74) is 2.11. The van der Waals surface area contributed by atoms with Crippen molar-refractivity contribution in [1.82, 2.24) is 9.97 Å². The lowest BCUT2D eigenvalue weighted by Gasteiger charge is -1.96. The van der Waals surface area contributed by atoms with Crippen molar-refractivity contribution >= 4 is 12.2 Å². The summed E-state index contributed by atoms with van der Waals surface area (Å²) in [7, 11) is 0. The molecule has 14 heavy (non-hydrogen) atoms. The zero-order chi connectivity index (χ0) is 9.97. The number of imidazole rings is 1. The van der Waals surface area contributed by atoms with Gasteiger partial charge in [-0.15, -0.1) is 0 Å². The number of rotatable bonds is 1. The van der Waals surface area contributed by atoms with Crippen molar-refractivity contribution in [3.63, 3.8) is 0 Å². The molecule has 0 saturated heterocycles. The second-order valence-electron chi connectivity index (χ2n) is 3.68. The van der Waals surface area contributed by atoms with E-state index in [-0.39, 0.29) is 0 Å². The lowest BCUT2D eigenvalue weighted by molar-refractivity contribution is 0.793. The first-order chi connectivity index (χ1) is 6.77. The lowest BCUT2D eigenvalue weighted by Crippen LogP contribution is -1.89. The smallest absolute Gasteiger partial charge is 0.109 e. The highest BCUT2D eigenvalue weighted by atomic mass is 14.9. The third kappa shape index (κ3) is 1.69. The molecule has 1 aromatic heterocycles. The topological polar surface area (TPSA) is 28.7 Å². The zero-order valence-corrected chi connectivity index (χ0v) is 8.49. The summed E-state index contributed by atoms with van der Waals surface area (Å²) < 4.78 is 0. The molecule has 0 amide bonds. The molecule has 0 unspecified atom stereocenters. The molecule has 1 heterocycles. The van der Waals surface area contributed by atoms with Gasteiger partial charge >= 0.3 is 0 Å². The van der Waals surface area contributed by atoms with Crippen LogP contribution in [0.3, 0.4) is 0 Å². The van der Waals surface area contributed by atoms with Gasteiger partial charge in [-0.3, -0.25) is 0 Å². The van der Waals surface area contributed by atoms with E-state index < -0.39 is 0 Å². The van der Waals surface area contributed by atoms with Crippen molar-refractivity contribution in [2.24, 2.45) is 0 Å². The minimum atomic E-state index is 0.443. The molecule has 0 radical (unpaired) electrons. The number of nitrogens with zero attached hydrogens (tertiary/aromatic N) is 1. The summed E-state index contributed by atoms with van der Waals surface area (Å²) in [6.07, 6.45) is 12.1. The summed E-state index contributed by atoms with van der Waals surface area (Å²) in [6.45, 7) is 4.27. The van der Waals surface area contributed by atoms with E-state index in [0.717, 1.165) is 17.2 Å². The standard InChI is InChI=1S/C12H14N2/c1-9(2)12-13-10-7-5-3-4-6-8-11(10)14-12/h3-9H,1-2H3,(H,13,14). The Bertz CT molecular complexity index is 372. The molecule has 2 nitrogen and oxygen atoms in total. The monoisotopic (exact) mass is 186 g/mol. The average molecular weight is 186 g/mol. The number of H-pyrrole nitrogens is 1. The second kappa shape index (κ2) is 3.66. The Hall–Kier alpha value is -1.57. The highest BCUT2D eigenvalue weighted by Crippen LogP contribution is 2.17. The van der Waals surface area contributed by atoms with E-state index in [2.05, 4.69) is 23.8 Å². The molecule has 2 heteroatoms. The predicted octanol–water partition coefficient (Wildman–Crippen LogP) is 3.13. The van der Waals surface area contributed by atoms with Crippen molar-refractivity contribution in [1.29, 1.82) is 0 Å². The largest absolute Gasteiger partial charge is 0.342 e. The normalized spacial score (nSPS) is 14.2. The molecule has 1 aliphatic carbocycles. The summed E-state index contributed by atoms with van der Waals surface area (Å²) in [5.74, 6) is 1.49. The third-order valence-corrected chi connectivity index (χ3v) is 2.18. The average Bonchev–Trinajstić information content (AvgIpc) is 2.48. The molecule has 1 aromatic rings. The maximum atomic E-state index is 4.52. The quantitative estimate of drug-likeness (QED) is 0.717. The van der Waals surface area contributed by atoms with Crippen LogP contribution in [0.15, 0.2) is 24.3 Å². The molecular formula is C12H14N2. The molecule has 0 spiro atoms. The van der Waals surface area contributed by atoms with Gasteiger partial charge in [-0.1, -0.05) is 38.2 Å². The van der Waals surface area contributed by atoms with E-state index in [9.17, 15) is 0 Å². The number of fused-ring (bicyclic) bond motifs is 1. The van der Waals surface area contributed by atoms with Crippen LogP contribution < -0.4 is 0 Å². The van der Waals surface area contributed by atoms with Crippen molar-refractivity contribution in [3.8, 4) is 0 Å². The van der Waals surface area contributed by atoms with Gasteiger partial charge in [-0.25, -0.2) is 4.98 Å². The van der Waals surface area contributed by atoms with Crippen LogP contribution in [0.25, 0.3) is 12.2 Å². The SMILES string of the molecule is CC(C)c1nc2c([nH]1)C=CC=CC=C2. The summed E-state index contributed by atoms with van der Waals surface area (Å²) in [4.78, 5) is 7.84. The van der Waals surface area contributed by atoms with Crippen LogP contribution in [0.4, 0.5) is 0 Å². The zero-order valence-electron chi connectivity index (χ0n) is 8.49. The molecule has 0 aromatic carbocycles. The highest BCUT2D eigenvalue weighted by Gasteiger charge is 2.08. The van der Waals surface area contributed by atoms with Gasteiger partial charge in [-0.2, -0.15) is 0 Å². The predicted molar refractivity (Wildman–Crippen MR) is 59.9 cm³/mol. The number of allylic oxidation sites excluding steroid dienone is 4. The van der Waals surface area contributed by atoms with Crippen LogP contribution in [-0.4, -0.2) is 9.97 Å². The number of aromatic nitrogens is 2. The Labute approximate surface area is 84.1 Å². The fourth-order valence-corrected chi connectivity index (χ4v) is 1.37. The summed E-state index contributed by atoms with van der Waals surface area (Å²) in [5, 5.41) is 0. The van der Waals surface area contributed by atoms with Crippen molar-refractivity contribution in [3.05, 3.63) is 41.5 Å². The maximum absolute atomic E-state index is 4.52. The number of nitrogens with one attached hydrogen (secondary N) is 1. The molecule has 0 bridgehead atoms. The number of hydrogen-bond acceptors (Lipinski definition) is 1. The van der Waals surface area contributed by atoms with Gasteiger partial charge in [0.15, 0.2) is 0 Å². The van der Waals surface area contributed by atoms with Crippen molar-refractivity contribution in [2.45, 2.75) is 19.8 Å². The lowest BCUT2D eigenvalue weighted by atomic mass is 10.2. The number of hydrogen-bond donors (Lipinski definition) is 1. The maximum Gasteiger partial charge on any atom is 0.109 e. The highest BCUT2D eigenvalue weighted by molar-refractivity contribution is 5.63. The minimum absolute atomic E-state index is 0.443. The first kappa shape index (κ1) is 9.00. The number of aromatic amines is 1. The van der Waals surface area contributed by atoms with Crippen LogP contribution in [0.5, 0.6) is 0 Å². The molecule has 0 saturated carbocycles. The van der Waals surface area contributed by atoms with E-state index in [1.807, 2.05) is 36.5 Å². The van der Waals surface area contributed by atoms with E-state index in [0.29, 0.717) is 5.92 Å². The molecule has 1 aliphatic rings. The fourth-order valence-electron chi connectivity index (χ4n) is 1.37. The molecule has 0 fully saturated rings. The minimum Gasteiger partial charge on any atom is -0.342 e. The Kier molecular flexibility index (Phi) is 2.35. The first-order valence-corrected chi connectivity index (χ1v) is 4.88. The Morgan fingerprint density at radius 3 is 2.50 bits per heavy atom. The van der Waals surface area contributed by atoms with Gasteiger partial charge in [0.1, 0.15) is 5.82 Å². The van der Waals surface area contributed by atoms with Gasteiger partial charge < -0.3 is 4.98 Å². The van der Waals surface area contributed by atoms with Crippen LogP contribution in [0.2, 0.25) is 0 Å².